The second-order valence-corrected chi connectivity index (χ2v) is 5.11. The number of aliphatic carboxylic acids is 1. The van der Waals surface area contributed by atoms with Crippen molar-refractivity contribution >= 4 is 5.97 Å². The molecule has 1 aliphatic heterocycles. The topological polar surface area (TPSA) is 109 Å². The number of aromatic nitrogens is 4. The molecule has 1 atom stereocenters. The molecule has 2 rings (SSSR count). The van der Waals surface area contributed by atoms with Crippen molar-refractivity contribution < 1.29 is 9.90 Å². The van der Waals surface area contributed by atoms with Crippen LogP contribution in [0, 0.1) is 12.3 Å². The third-order valence-corrected chi connectivity index (χ3v) is 3.37. The Morgan fingerprint density at radius 3 is 2.86 bits per heavy atom. The maximum absolute atomic E-state index is 10.8. The monoisotopic (exact) mass is 291 g/mol. The molecule has 0 saturated heterocycles. The fourth-order valence-electron chi connectivity index (χ4n) is 1.98. The number of terminal acetylenes is 1. The van der Waals surface area contributed by atoms with Gasteiger partial charge in [0.05, 0.1) is 12.6 Å². The molecule has 9 nitrogen and oxygen atoms in total. The van der Waals surface area contributed by atoms with Gasteiger partial charge in [0.25, 0.3) is 0 Å². The summed E-state index contributed by atoms with van der Waals surface area (Å²) in [6.45, 7) is 4.65. The van der Waals surface area contributed by atoms with Crippen LogP contribution in [0.5, 0.6) is 0 Å². The lowest BCUT2D eigenvalue weighted by Crippen LogP contribution is -2.33. The normalized spacial score (nSPS) is 16.7. The van der Waals surface area contributed by atoms with Gasteiger partial charge >= 0.3 is 5.97 Å². The molecule has 0 aliphatic carbocycles. The molecule has 0 aromatic carbocycles. The van der Waals surface area contributed by atoms with Crippen molar-refractivity contribution in [2.45, 2.75) is 38.5 Å². The minimum absolute atomic E-state index is 0.197. The molecule has 0 amide bonds. The van der Waals surface area contributed by atoms with Crippen LogP contribution in [0.2, 0.25) is 0 Å². The van der Waals surface area contributed by atoms with Gasteiger partial charge in [-0.3, -0.25) is 9.69 Å². The van der Waals surface area contributed by atoms with Gasteiger partial charge in [0.1, 0.15) is 6.54 Å². The molecular formula is C12H17N7O2. The molecule has 0 fully saturated rings. The quantitative estimate of drug-likeness (QED) is 0.691. The molecule has 1 aliphatic rings. The van der Waals surface area contributed by atoms with E-state index in [-0.39, 0.29) is 18.2 Å². The van der Waals surface area contributed by atoms with Crippen LogP contribution in [0.3, 0.4) is 0 Å². The summed E-state index contributed by atoms with van der Waals surface area (Å²) < 4.78 is 1.27. The Hall–Kier alpha value is -2.34. The predicted molar refractivity (Wildman–Crippen MR) is 72.2 cm³/mol. The lowest BCUT2D eigenvalue weighted by Gasteiger charge is -2.26. The number of tetrazole rings is 1. The van der Waals surface area contributed by atoms with Crippen LogP contribution in [0.25, 0.3) is 0 Å². The first kappa shape index (κ1) is 15.1. The Morgan fingerprint density at radius 1 is 1.57 bits per heavy atom. The first-order valence-electron chi connectivity index (χ1n) is 6.54. The second kappa shape index (κ2) is 5.97. The van der Waals surface area contributed by atoms with E-state index in [2.05, 4.69) is 31.7 Å². The number of carboxylic acid groups (broad SMARTS) is 1. The molecular weight excluding hydrogens is 274 g/mol. The standard InChI is InChI=1S/C12H17N7O2/c1-4-6-18(7-5-12(3)14-15-12)9(2)11-13-16-17-19(11)8-10(20)21/h1,9H,5-8H2,2-3H3,(H,20,21)/t9-/m1/s1. The van der Waals surface area contributed by atoms with E-state index < -0.39 is 5.97 Å². The van der Waals surface area contributed by atoms with E-state index in [1.54, 1.807) is 0 Å². The minimum Gasteiger partial charge on any atom is -0.480 e. The average Bonchev–Trinajstić information content (AvgIpc) is 2.98. The Balaban J connectivity index is 2.06. The van der Waals surface area contributed by atoms with E-state index in [4.69, 9.17) is 11.5 Å². The van der Waals surface area contributed by atoms with Gasteiger partial charge in [-0.15, -0.1) is 11.5 Å². The van der Waals surface area contributed by atoms with E-state index in [9.17, 15) is 4.79 Å². The first-order chi connectivity index (χ1) is 9.95. The summed E-state index contributed by atoms with van der Waals surface area (Å²) in [7, 11) is 0. The zero-order valence-electron chi connectivity index (χ0n) is 12.0. The Bertz CT molecular complexity index is 583. The Morgan fingerprint density at radius 2 is 2.29 bits per heavy atom. The zero-order valence-corrected chi connectivity index (χ0v) is 12.0. The number of rotatable bonds is 8. The van der Waals surface area contributed by atoms with Gasteiger partial charge in [-0.2, -0.15) is 10.2 Å². The second-order valence-electron chi connectivity index (χ2n) is 5.11. The fourth-order valence-corrected chi connectivity index (χ4v) is 1.98. The van der Waals surface area contributed by atoms with Crippen LogP contribution in [-0.4, -0.2) is 54.9 Å². The van der Waals surface area contributed by atoms with Crippen molar-refractivity contribution in [3.63, 3.8) is 0 Å². The van der Waals surface area contributed by atoms with Crippen molar-refractivity contribution in [3.8, 4) is 12.3 Å². The Kier molecular flexibility index (Phi) is 4.28. The molecule has 0 bridgehead atoms. The molecule has 1 aromatic rings. The summed E-state index contributed by atoms with van der Waals surface area (Å²) in [4.78, 5) is 12.8. The highest BCUT2D eigenvalue weighted by molar-refractivity contribution is 5.66. The minimum atomic E-state index is -0.998. The molecule has 0 saturated carbocycles. The lowest BCUT2D eigenvalue weighted by molar-refractivity contribution is -0.138. The highest BCUT2D eigenvalue weighted by Crippen LogP contribution is 2.31. The molecule has 1 N–H and O–H groups in total. The highest BCUT2D eigenvalue weighted by atomic mass is 16.4. The fraction of sp³-hybridized carbons (Fsp3) is 0.667. The molecule has 0 unspecified atom stereocenters. The molecule has 21 heavy (non-hydrogen) atoms. The zero-order chi connectivity index (χ0) is 15.5. The van der Waals surface area contributed by atoms with Gasteiger partial charge in [0.15, 0.2) is 11.5 Å². The number of nitrogens with zero attached hydrogens (tertiary/aromatic N) is 7. The summed E-state index contributed by atoms with van der Waals surface area (Å²) in [5.41, 5.74) is -0.306. The number of carbonyl (C=O) groups is 1. The number of hydrogen-bond acceptors (Lipinski definition) is 7. The molecule has 9 heteroatoms. The lowest BCUT2D eigenvalue weighted by atomic mass is 10.1. The largest absolute Gasteiger partial charge is 0.480 e. The van der Waals surface area contributed by atoms with Crippen molar-refractivity contribution in [2.24, 2.45) is 10.2 Å². The summed E-state index contributed by atoms with van der Waals surface area (Å²) in [6, 6.07) is -0.197. The summed E-state index contributed by atoms with van der Waals surface area (Å²) in [5.74, 6) is 2.07. The van der Waals surface area contributed by atoms with E-state index in [1.165, 1.54) is 4.68 Å². The van der Waals surface area contributed by atoms with E-state index in [0.29, 0.717) is 18.9 Å². The highest BCUT2D eigenvalue weighted by Gasteiger charge is 2.34. The molecule has 112 valence electrons. The van der Waals surface area contributed by atoms with Gasteiger partial charge in [-0.1, -0.05) is 5.92 Å². The van der Waals surface area contributed by atoms with Gasteiger partial charge in [-0.05, 0) is 24.3 Å². The third kappa shape index (κ3) is 3.82. The van der Waals surface area contributed by atoms with Crippen molar-refractivity contribution in [2.75, 3.05) is 13.1 Å². The van der Waals surface area contributed by atoms with Crippen LogP contribution < -0.4 is 0 Å². The van der Waals surface area contributed by atoms with Crippen molar-refractivity contribution in [1.29, 1.82) is 0 Å². The molecule has 0 radical (unpaired) electrons. The van der Waals surface area contributed by atoms with Crippen LogP contribution in [-0.2, 0) is 11.3 Å². The van der Waals surface area contributed by atoms with Crippen LogP contribution in [0.15, 0.2) is 10.2 Å². The van der Waals surface area contributed by atoms with E-state index in [1.807, 2.05) is 18.7 Å². The predicted octanol–water partition coefficient (Wildman–Crippen LogP) is 0.326. The number of carboxylic acids is 1. The Labute approximate surface area is 122 Å². The van der Waals surface area contributed by atoms with E-state index in [0.717, 1.165) is 6.42 Å². The SMILES string of the molecule is C#CCN(CCC1(C)N=N1)[C@H](C)c1nnnn1CC(=O)O. The van der Waals surface area contributed by atoms with Crippen molar-refractivity contribution in [3.05, 3.63) is 5.82 Å². The third-order valence-electron chi connectivity index (χ3n) is 3.37. The smallest absolute Gasteiger partial charge is 0.325 e. The summed E-state index contributed by atoms with van der Waals surface area (Å²) in [6.07, 6.45) is 6.15. The van der Waals surface area contributed by atoms with Crippen LogP contribution in [0.4, 0.5) is 0 Å². The molecule has 0 spiro atoms. The summed E-state index contributed by atoms with van der Waals surface area (Å²) in [5, 5.41) is 28.0. The van der Waals surface area contributed by atoms with Crippen molar-refractivity contribution in [1.82, 2.24) is 25.1 Å². The maximum Gasteiger partial charge on any atom is 0.325 e. The first-order valence-corrected chi connectivity index (χ1v) is 6.54. The molecule has 1 aromatic heterocycles. The van der Waals surface area contributed by atoms with Gasteiger partial charge in [0.2, 0.25) is 0 Å². The van der Waals surface area contributed by atoms with Gasteiger partial charge in [-0.25, -0.2) is 4.68 Å². The maximum atomic E-state index is 10.8. The molecule has 2 heterocycles. The van der Waals surface area contributed by atoms with Gasteiger partial charge in [0, 0.05) is 13.0 Å². The van der Waals surface area contributed by atoms with E-state index >= 15 is 0 Å². The van der Waals surface area contributed by atoms with Gasteiger partial charge < -0.3 is 5.11 Å². The van der Waals surface area contributed by atoms with Crippen LogP contribution >= 0.6 is 0 Å². The number of hydrogen-bond donors (Lipinski definition) is 1. The van der Waals surface area contributed by atoms with Crippen LogP contribution in [0.1, 0.15) is 32.1 Å². The average molecular weight is 291 g/mol. The summed E-state index contributed by atoms with van der Waals surface area (Å²) >= 11 is 0.